The molecule has 0 amide bonds. The summed E-state index contributed by atoms with van der Waals surface area (Å²) in [5, 5.41) is 15.2. The maximum Gasteiger partial charge on any atom is 0.238 e. The van der Waals surface area contributed by atoms with E-state index in [4.69, 9.17) is 44.9 Å². The lowest BCUT2D eigenvalue weighted by Crippen LogP contribution is -2.06. The molecule has 9 heterocycles. The third-order valence-electron chi connectivity index (χ3n) is 24.4. The average molecular weight is 1710 g/mol. The highest BCUT2D eigenvalue weighted by Gasteiger charge is 2.27. The van der Waals surface area contributed by atoms with Gasteiger partial charge in [-0.05, 0) is 95.4 Å². The van der Waals surface area contributed by atoms with Crippen molar-refractivity contribution < 1.29 is 0 Å². The van der Waals surface area contributed by atoms with Crippen LogP contribution in [0.15, 0.2) is 406 Å². The number of thiophene rings is 3. The number of hydrogen-bond acceptors (Lipinski definition) is 12. The van der Waals surface area contributed by atoms with E-state index in [-0.39, 0.29) is 0 Å². The van der Waals surface area contributed by atoms with Crippen molar-refractivity contribution in [1.29, 1.82) is 0 Å². The van der Waals surface area contributed by atoms with Crippen LogP contribution in [-0.4, -0.2) is 58.6 Å². The van der Waals surface area contributed by atoms with Crippen LogP contribution in [0.5, 0.6) is 0 Å². The van der Waals surface area contributed by atoms with Gasteiger partial charge >= 0.3 is 0 Å². The zero-order chi connectivity index (χ0) is 85.6. The van der Waals surface area contributed by atoms with Crippen molar-refractivity contribution in [2.24, 2.45) is 0 Å². The lowest BCUT2D eigenvalue weighted by Gasteiger charge is -2.11. The molecular formula is C114H74N12S3. The predicted molar refractivity (Wildman–Crippen MR) is 539 cm³/mol. The molecule has 0 radical (unpaired) electrons. The monoisotopic (exact) mass is 1710 g/mol. The maximum absolute atomic E-state index is 5.09. The zero-order valence-corrected chi connectivity index (χ0v) is 72.3. The third-order valence-corrected chi connectivity index (χ3v) is 28.1. The highest BCUT2D eigenvalue weighted by molar-refractivity contribution is 7.28. The van der Waals surface area contributed by atoms with Crippen molar-refractivity contribution in [1.82, 2.24) is 58.6 Å². The number of hydrogen-bond donors (Lipinski definition) is 0. The third kappa shape index (κ3) is 13.4. The second-order valence-electron chi connectivity index (χ2n) is 32.4. The van der Waals surface area contributed by atoms with Crippen molar-refractivity contribution in [2.45, 2.75) is 19.8 Å². The fraction of sp³-hybridized carbons (Fsp3) is 0.0263. The van der Waals surface area contributed by atoms with E-state index in [1.807, 2.05) is 216 Å². The minimum atomic E-state index is 0.460. The van der Waals surface area contributed by atoms with Crippen LogP contribution < -0.4 is 0 Å². The van der Waals surface area contributed by atoms with Crippen molar-refractivity contribution in [3.8, 4) is 108 Å². The minimum absolute atomic E-state index is 0.460. The number of aromatic nitrogens is 12. The van der Waals surface area contributed by atoms with Gasteiger partial charge in [-0.2, -0.15) is 19.9 Å². The Kier molecular flexibility index (Phi) is 19.0. The van der Waals surface area contributed by atoms with Crippen molar-refractivity contribution in [2.75, 3.05) is 0 Å². The summed E-state index contributed by atoms with van der Waals surface area (Å²) in [6.07, 6.45) is 0. The SMILES string of the molecule is CC(C)c1cccc2c1sc1c2ccc2c1c1ccccc1n2-c1nc(-c2ccccc2)nc(-c2ccccc2)n1.c1ccc(-c2nc(-c3ccccc3)nc(-c3ccc(-n4c5ccccc5c5c6c(ccc54)sc4ccccc46)cc3)n2)cc1.c1ccc(-c2nc(-c3ccccc3)nc(-n3c4ccccc4c4c5sc6c(-c7ccccc7)cccc6c5ccc43)n2)cc1. The Labute approximate surface area is 753 Å². The van der Waals surface area contributed by atoms with E-state index >= 15 is 0 Å². The standard InChI is InChI=1S/2C39H24N4S.C36H26N4S/c1-4-13-25(14-5-1)28-20-12-21-29-30-23-24-33-34(36(30)44-35(28)29)31-19-10-11-22-32(31)43(33)39-41-37(26-15-6-2-7-16-26)40-38(42-39)27-17-8-3-9-18-27;1-3-11-25(12-4-1)37-40-38(26-13-5-2-6-14-26)42-39(41-37)27-19-21-28(22-20-27)43-31-17-9-7-15-29(31)35-32(43)23-24-34-36(35)30-16-8-10-18-33(30)44-34;1-22(2)25-17-11-18-26-27-20-21-30-31(33(27)41-32(25)26)28-16-9-10-19-29(28)40(30)36-38-34(23-12-5-3-6-13-23)37-35(39-36)24-14-7-4-8-15-24/h2*1-24H;3-22H,1-2H3. The van der Waals surface area contributed by atoms with Gasteiger partial charge in [0.1, 0.15) is 0 Å². The first-order valence-electron chi connectivity index (χ1n) is 43.2. The largest absolute Gasteiger partial charge is 0.309 e. The zero-order valence-electron chi connectivity index (χ0n) is 69.9. The number of fused-ring (bicyclic) bond motifs is 21. The number of para-hydroxylation sites is 3. The highest BCUT2D eigenvalue weighted by atomic mass is 32.1. The molecular weight excluding hydrogens is 1630 g/mol. The summed E-state index contributed by atoms with van der Waals surface area (Å²) in [6, 6.07) is 142. The molecule has 0 fully saturated rings. The fourth-order valence-corrected chi connectivity index (χ4v) is 22.4. The molecule has 0 atom stereocenters. The Morgan fingerprint density at radius 1 is 0.194 bits per heavy atom. The first-order valence-corrected chi connectivity index (χ1v) is 45.6. The highest BCUT2D eigenvalue weighted by Crippen LogP contribution is 2.50. The lowest BCUT2D eigenvalue weighted by molar-refractivity contribution is 0.878. The Morgan fingerprint density at radius 2 is 0.512 bits per heavy atom. The molecule has 0 N–H and O–H groups in total. The van der Waals surface area contributed by atoms with Gasteiger partial charge in [-0.15, -0.1) is 34.0 Å². The second-order valence-corrected chi connectivity index (χ2v) is 35.5. The molecule has 0 aliphatic rings. The first kappa shape index (κ1) is 76.5. The topological polar surface area (TPSA) is 131 Å². The predicted octanol–water partition coefficient (Wildman–Crippen LogP) is 30.5. The normalized spacial score (nSPS) is 11.7. The van der Waals surface area contributed by atoms with Crippen LogP contribution >= 0.6 is 34.0 Å². The summed E-state index contributed by atoms with van der Waals surface area (Å²) < 4.78 is 14.7. The van der Waals surface area contributed by atoms with Gasteiger partial charge in [0.25, 0.3) is 0 Å². The molecule has 608 valence electrons. The molecule has 15 heteroatoms. The number of nitrogens with zero attached hydrogens (tertiary/aromatic N) is 12. The van der Waals surface area contributed by atoms with Crippen LogP contribution in [0.25, 0.3) is 234 Å². The van der Waals surface area contributed by atoms with E-state index in [0.29, 0.717) is 58.6 Å². The lowest BCUT2D eigenvalue weighted by atomic mass is 10.0. The molecule has 0 aliphatic carbocycles. The first-order chi connectivity index (χ1) is 63.8. The quantitative estimate of drug-likeness (QED) is 0.117. The Hall–Kier alpha value is -16.2. The summed E-state index contributed by atoms with van der Waals surface area (Å²) in [6.45, 7) is 4.55. The summed E-state index contributed by atoms with van der Waals surface area (Å²) in [4.78, 5) is 44.9. The number of benzene rings is 17. The molecule has 9 aromatic heterocycles. The Morgan fingerprint density at radius 3 is 0.946 bits per heavy atom. The van der Waals surface area contributed by atoms with Crippen LogP contribution in [-0.2, 0) is 0 Å². The number of rotatable bonds is 12. The fourth-order valence-electron chi connectivity index (χ4n) is 18.4. The average Bonchev–Trinajstić information content (AvgIpc) is 1.56. The van der Waals surface area contributed by atoms with Gasteiger partial charge in [0.2, 0.25) is 11.9 Å². The van der Waals surface area contributed by atoms with Crippen molar-refractivity contribution >= 4 is 160 Å². The van der Waals surface area contributed by atoms with Crippen molar-refractivity contribution in [3.63, 3.8) is 0 Å². The van der Waals surface area contributed by atoms with Crippen molar-refractivity contribution in [3.05, 3.63) is 412 Å². The summed E-state index contributed by atoms with van der Waals surface area (Å²) in [5.41, 5.74) is 18.4. The van der Waals surface area contributed by atoms with Gasteiger partial charge in [0.05, 0.1) is 33.1 Å². The van der Waals surface area contributed by atoms with Crippen LogP contribution in [0.2, 0.25) is 0 Å². The van der Waals surface area contributed by atoms with Gasteiger partial charge in [0.15, 0.2) is 40.8 Å². The maximum atomic E-state index is 5.09. The van der Waals surface area contributed by atoms with Gasteiger partial charge in [-0.1, -0.05) is 347 Å². The summed E-state index contributed by atoms with van der Waals surface area (Å²) in [7, 11) is 0. The van der Waals surface area contributed by atoms with Gasteiger partial charge < -0.3 is 4.57 Å². The molecule has 12 nitrogen and oxygen atoms in total. The minimum Gasteiger partial charge on any atom is -0.309 e. The van der Waals surface area contributed by atoms with Gasteiger partial charge in [-0.3, -0.25) is 9.13 Å². The van der Waals surface area contributed by atoms with Crippen LogP contribution in [0.4, 0.5) is 0 Å². The molecule has 26 rings (SSSR count). The molecule has 0 aliphatic heterocycles. The van der Waals surface area contributed by atoms with E-state index in [1.54, 1.807) is 0 Å². The van der Waals surface area contributed by atoms with Crippen LogP contribution in [0.3, 0.4) is 0 Å². The smallest absolute Gasteiger partial charge is 0.238 e. The molecule has 0 unspecified atom stereocenters. The summed E-state index contributed by atoms with van der Waals surface area (Å²) >= 11 is 5.63. The second kappa shape index (κ2) is 32.1. The van der Waals surface area contributed by atoms with E-state index in [0.717, 1.165) is 66.7 Å². The molecule has 17 aromatic carbocycles. The van der Waals surface area contributed by atoms with Gasteiger partial charge in [-0.25, -0.2) is 24.9 Å². The molecule has 0 spiro atoms. The van der Waals surface area contributed by atoms with E-state index in [1.165, 1.54) is 121 Å². The van der Waals surface area contributed by atoms with Crippen LogP contribution in [0.1, 0.15) is 25.3 Å². The Bertz CT molecular complexity index is 8640. The van der Waals surface area contributed by atoms with Gasteiger partial charge in [0, 0.05) is 137 Å². The van der Waals surface area contributed by atoms with E-state index in [2.05, 4.69) is 252 Å². The molecule has 129 heavy (non-hydrogen) atoms. The molecule has 0 bridgehead atoms. The Balaban J connectivity index is 0.000000108. The van der Waals surface area contributed by atoms with E-state index < -0.39 is 0 Å². The summed E-state index contributed by atoms with van der Waals surface area (Å²) in [5.74, 6) is 6.27. The van der Waals surface area contributed by atoms with Crippen LogP contribution in [0, 0.1) is 0 Å². The molecule has 26 aromatic rings. The van der Waals surface area contributed by atoms with E-state index in [9.17, 15) is 0 Å². The molecule has 0 saturated heterocycles. The molecule has 0 saturated carbocycles.